The van der Waals surface area contributed by atoms with E-state index >= 15 is 0 Å². The highest BCUT2D eigenvalue weighted by molar-refractivity contribution is 5.84. The molecule has 0 fully saturated rings. The summed E-state index contributed by atoms with van der Waals surface area (Å²) < 4.78 is 9.80. The third-order valence-corrected chi connectivity index (χ3v) is 2.63. The van der Waals surface area contributed by atoms with Gasteiger partial charge in [0.2, 0.25) is 5.89 Å². The Morgan fingerprint density at radius 1 is 1.26 bits per heavy atom. The molecule has 0 unspecified atom stereocenters. The molecule has 1 heterocycles. The average Bonchev–Trinajstić information content (AvgIpc) is 2.89. The molecule has 5 nitrogen and oxygen atoms in total. The summed E-state index contributed by atoms with van der Waals surface area (Å²) in [6, 6.07) is 10.2. The van der Waals surface area contributed by atoms with Gasteiger partial charge >= 0.3 is 5.97 Å². The van der Waals surface area contributed by atoms with Gasteiger partial charge in [0.1, 0.15) is 0 Å². The van der Waals surface area contributed by atoms with Crippen molar-refractivity contribution in [3.05, 3.63) is 47.6 Å². The van der Waals surface area contributed by atoms with Crippen molar-refractivity contribution < 1.29 is 14.1 Å². The smallest absolute Gasteiger partial charge is 0.379 e. The van der Waals surface area contributed by atoms with Crippen molar-refractivity contribution in [2.24, 2.45) is 0 Å². The van der Waals surface area contributed by atoms with E-state index in [9.17, 15) is 4.79 Å². The van der Waals surface area contributed by atoms with Gasteiger partial charge in [0.15, 0.2) is 0 Å². The summed E-state index contributed by atoms with van der Waals surface area (Å²) in [4.78, 5) is 15.4. The lowest BCUT2D eigenvalue weighted by Crippen LogP contribution is -2.06. The molecule has 0 amide bonds. The third-order valence-electron chi connectivity index (χ3n) is 2.63. The number of carbonyl (C=O) groups excluding carboxylic acids is 1. The van der Waals surface area contributed by atoms with Gasteiger partial charge in [-0.05, 0) is 30.5 Å². The molecular weight excluding hydrogens is 244 g/mol. The van der Waals surface area contributed by atoms with E-state index in [-0.39, 0.29) is 5.82 Å². The Morgan fingerprint density at radius 3 is 2.79 bits per heavy atom. The summed E-state index contributed by atoms with van der Waals surface area (Å²) in [5.74, 6) is -0.0731. The van der Waals surface area contributed by atoms with Crippen LogP contribution in [0.5, 0.6) is 0 Å². The van der Waals surface area contributed by atoms with Crippen LogP contribution in [0.3, 0.4) is 0 Å². The first-order chi connectivity index (χ1) is 9.29. The van der Waals surface area contributed by atoms with Crippen LogP contribution >= 0.6 is 0 Å². The SMILES string of the molecule is CCOC(=O)c1noc(CCCc2ccccc2)n1. The summed E-state index contributed by atoms with van der Waals surface area (Å²) in [7, 11) is 0. The highest BCUT2D eigenvalue weighted by Gasteiger charge is 2.15. The molecule has 0 atom stereocenters. The van der Waals surface area contributed by atoms with Gasteiger partial charge in [-0.3, -0.25) is 0 Å². The summed E-state index contributed by atoms with van der Waals surface area (Å²) in [6.45, 7) is 2.04. The number of ether oxygens (including phenoxy) is 1. The molecule has 0 aliphatic heterocycles. The first kappa shape index (κ1) is 13.3. The molecule has 19 heavy (non-hydrogen) atoms. The van der Waals surface area contributed by atoms with Gasteiger partial charge in [-0.15, -0.1) is 0 Å². The second-order valence-corrected chi connectivity index (χ2v) is 4.07. The monoisotopic (exact) mass is 260 g/mol. The zero-order valence-electron chi connectivity index (χ0n) is 10.8. The molecule has 0 bridgehead atoms. The Hall–Kier alpha value is -2.17. The molecule has 2 aromatic rings. The minimum atomic E-state index is -0.541. The van der Waals surface area contributed by atoms with Crippen LogP contribution in [-0.2, 0) is 17.6 Å². The van der Waals surface area contributed by atoms with Crippen molar-refractivity contribution in [3.8, 4) is 0 Å². The molecule has 100 valence electrons. The van der Waals surface area contributed by atoms with Crippen LogP contribution in [0, 0.1) is 0 Å². The number of esters is 1. The molecule has 5 heteroatoms. The largest absolute Gasteiger partial charge is 0.460 e. The van der Waals surface area contributed by atoms with Gasteiger partial charge in [-0.1, -0.05) is 30.3 Å². The topological polar surface area (TPSA) is 65.2 Å². The Morgan fingerprint density at radius 2 is 2.05 bits per heavy atom. The number of benzene rings is 1. The number of nitrogens with zero attached hydrogens (tertiary/aromatic N) is 2. The normalized spacial score (nSPS) is 10.4. The lowest BCUT2D eigenvalue weighted by Gasteiger charge is -1.98. The van der Waals surface area contributed by atoms with Crippen molar-refractivity contribution in [3.63, 3.8) is 0 Å². The maximum atomic E-state index is 11.3. The van der Waals surface area contributed by atoms with E-state index in [0.717, 1.165) is 12.8 Å². The second kappa shape index (κ2) is 6.68. The van der Waals surface area contributed by atoms with Crippen molar-refractivity contribution >= 4 is 5.97 Å². The van der Waals surface area contributed by atoms with Gasteiger partial charge in [-0.25, -0.2) is 4.79 Å². The molecule has 0 N–H and O–H groups in total. The molecule has 0 radical (unpaired) electrons. The standard InChI is InChI=1S/C14H16N2O3/c1-2-18-14(17)13-15-12(19-16-13)10-6-9-11-7-4-3-5-8-11/h3-5,7-8H,2,6,9-10H2,1H3. The number of aryl methyl sites for hydroxylation is 2. The summed E-state index contributed by atoms with van der Waals surface area (Å²) in [6.07, 6.45) is 2.49. The van der Waals surface area contributed by atoms with E-state index in [4.69, 9.17) is 9.26 Å². The first-order valence-electron chi connectivity index (χ1n) is 6.33. The van der Waals surface area contributed by atoms with E-state index < -0.39 is 5.97 Å². The Bertz CT molecular complexity index is 522. The first-order valence-corrected chi connectivity index (χ1v) is 6.33. The average molecular weight is 260 g/mol. The number of aromatic nitrogens is 2. The van der Waals surface area contributed by atoms with Crippen LogP contribution in [0.2, 0.25) is 0 Å². The second-order valence-electron chi connectivity index (χ2n) is 4.07. The Balaban J connectivity index is 1.82. The molecular formula is C14H16N2O3. The fraction of sp³-hybridized carbons (Fsp3) is 0.357. The van der Waals surface area contributed by atoms with Crippen molar-refractivity contribution in [1.82, 2.24) is 10.1 Å². The molecule has 1 aromatic heterocycles. The third kappa shape index (κ3) is 3.91. The van der Waals surface area contributed by atoms with E-state index in [1.165, 1.54) is 5.56 Å². The number of rotatable bonds is 6. The maximum absolute atomic E-state index is 11.3. The summed E-state index contributed by atoms with van der Waals surface area (Å²) in [5, 5.41) is 3.60. The fourth-order valence-electron chi connectivity index (χ4n) is 1.72. The predicted octanol–water partition coefficient (Wildman–Crippen LogP) is 2.42. The summed E-state index contributed by atoms with van der Waals surface area (Å²) in [5.41, 5.74) is 1.27. The number of hydrogen-bond donors (Lipinski definition) is 0. The van der Waals surface area contributed by atoms with Crippen LogP contribution < -0.4 is 0 Å². The van der Waals surface area contributed by atoms with E-state index in [1.807, 2.05) is 18.2 Å². The van der Waals surface area contributed by atoms with Gasteiger partial charge in [-0.2, -0.15) is 4.98 Å². The molecule has 1 aromatic carbocycles. The predicted molar refractivity (Wildman–Crippen MR) is 68.7 cm³/mol. The van der Waals surface area contributed by atoms with Crippen molar-refractivity contribution in [2.45, 2.75) is 26.2 Å². The lowest BCUT2D eigenvalue weighted by molar-refractivity contribution is 0.0508. The lowest BCUT2D eigenvalue weighted by atomic mass is 10.1. The quantitative estimate of drug-likeness (QED) is 0.746. The molecule has 2 rings (SSSR count). The highest BCUT2D eigenvalue weighted by atomic mass is 16.5. The maximum Gasteiger partial charge on any atom is 0.379 e. The van der Waals surface area contributed by atoms with Crippen molar-refractivity contribution in [1.29, 1.82) is 0 Å². The van der Waals surface area contributed by atoms with Crippen molar-refractivity contribution in [2.75, 3.05) is 6.61 Å². The van der Waals surface area contributed by atoms with Crippen LogP contribution in [0.1, 0.15) is 35.4 Å². The van der Waals surface area contributed by atoms with E-state index in [2.05, 4.69) is 22.3 Å². The van der Waals surface area contributed by atoms with Gasteiger partial charge in [0.25, 0.3) is 5.82 Å². The van der Waals surface area contributed by atoms with Crippen LogP contribution in [0.4, 0.5) is 0 Å². The van der Waals surface area contributed by atoms with Crippen LogP contribution in [-0.4, -0.2) is 22.7 Å². The van der Waals surface area contributed by atoms with Gasteiger partial charge in [0, 0.05) is 6.42 Å². The zero-order chi connectivity index (χ0) is 13.5. The minimum absolute atomic E-state index is 0.00318. The minimum Gasteiger partial charge on any atom is -0.460 e. The van der Waals surface area contributed by atoms with E-state index in [1.54, 1.807) is 6.92 Å². The van der Waals surface area contributed by atoms with Crippen LogP contribution in [0.25, 0.3) is 0 Å². The van der Waals surface area contributed by atoms with E-state index in [0.29, 0.717) is 18.9 Å². The van der Waals surface area contributed by atoms with Gasteiger partial charge < -0.3 is 9.26 Å². The number of hydrogen-bond acceptors (Lipinski definition) is 5. The molecule has 0 saturated heterocycles. The molecule has 0 spiro atoms. The van der Waals surface area contributed by atoms with Gasteiger partial charge in [0.05, 0.1) is 6.61 Å². The fourth-order valence-corrected chi connectivity index (χ4v) is 1.72. The van der Waals surface area contributed by atoms with Crippen LogP contribution in [0.15, 0.2) is 34.9 Å². The number of carbonyl (C=O) groups is 1. The molecule has 0 aliphatic carbocycles. The molecule has 0 saturated carbocycles. The molecule has 0 aliphatic rings. The Kier molecular flexibility index (Phi) is 4.66. The zero-order valence-corrected chi connectivity index (χ0v) is 10.8. The Labute approximate surface area is 111 Å². The summed E-state index contributed by atoms with van der Waals surface area (Å²) >= 11 is 0. The highest BCUT2D eigenvalue weighted by Crippen LogP contribution is 2.07.